The van der Waals surface area contributed by atoms with E-state index in [-0.39, 0.29) is 5.91 Å². The summed E-state index contributed by atoms with van der Waals surface area (Å²) in [5, 5.41) is 4.46. The number of carbonyl (C=O) groups is 2. The molecule has 8 heteroatoms. The summed E-state index contributed by atoms with van der Waals surface area (Å²) in [5.41, 5.74) is 0.497. The van der Waals surface area contributed by atoms with Crippen LogP contribution in [0, 0.1) is 0 Å². The molecule has 0 aliphatic carbocycles. The molecule has 0 aliphatic rings. The van der Waals surface area contributed by atoms with E-state index in [0.717, 1.165) is 15.0 Å². The van der Waals surface area contributed by atoms with E-state index < -0.39 is 5.97 Å². The predicted octanol–water partition coefficient (Wildman–Crippen LogP) is 4.12. The van der Waals surface area contributed by atoms with Gasteiger partial charge in [0.05, 0.1) is 22.9 Å². The van der Waals surface area contributed by atoms with Gasteiger partial charge in [-0.1, -0.05) is 11.6 Å². The SMILES string of the molecule is COC(=O)c1sccc1NC(=O)CSCc1ccc(Cl)s1. The number of hydrogen-bond donors (Lipinski definition) is 1. The molecule has 2 aromatic heterocycles. The van der Waals surface area contributed by atoms with E-state index in [0.29, 0.717) is 16.3 Å². The lowest BCUT2D eigenvalue weighted by molar-refractivity contribution is -0.113. The number of thioether (sulfide) groups is 1. The van der Waals surface area contributed by atoms with Gasteiger partial charge in [0.25, 0.3) is 0 Å². The number of anilines is 1. The summed E-state index contributed by atoms with van der Waals surface area (Å²) in [6.07, 6.45) is 0. The minimum absolute atomic E-state index is 0.147. The van der Waals surface area contributed by atoms with Gasteiger partial charge in [-0.2, -0.15) is 0 Å². The highest BCUT2D eigenvalue weighted by Crippen LogP contribution is 2.26. The molecule has 2 aromatic rings. The van der Waals surface area contributed by atoms with Crippen molar-refractivity contribution in [1.29, 1.82) is 0 Å². The predicted molar refractivity (Wildman–Crippen MR) is 89.8 cm³/mol. The minimum atomic E-state index is -0.443. The van der Waals surface area contributed by atoms with Crippen molar-refractivity contribution in [2.75, 3.05) is 18.2 Å². The van der Waals surface area contributed by atoms with E-state index in [1.165, 1.54) is 41.5 Å². The van der Waals surface area contributed by atoms with Crippen molar-refractivity contribution >= 4 is 63.6 Å². The number of carbonyl (C=O) groups excluding carboxylic acids is 2. The number of methoxy groups -OCH3 is 1. The van der Waals surface area contributed by atoms with Crippen LogP contribution in [0.15, 0.2) is 23.6 Å². The van der Waals surface area contributed by atoms with Gasteiger partial charge < -0.3 is 10.1 Å². The summed E-state index contributed by atoms with van der Waals surface area (Å²) in [6.45, 7) is 0. The first-order chi connectivity index (χ1) is 10.1. The lowest BCUT2D eigenvalue weighted by Crippen LogP contribution is -2.15. The van der Waals surface area contributed by atoms with Gasteiger partial charge in [-0.3, -0.25) is 4.79 Å². The van der Waals surface area contributed by atoms with Crippen molar-refractivity contribution in [3.63, 3.8) is 0 Å². The maximum atomic E-state index is 11.9. The molecular formula is C13H12ClNO3S3. The van der Waals surface area contributed by atoms with Gasteiger partial charge in [-0.25, -0.2) is 4.79 Å². The molecular weight excluding hydrogens is 350 g/mol. The standard InChI is InChI=1S/C13H12ClNO3S3/c1-18-13(17)12-9(4-5-20-12)15-11(16)7-19-6-8-2-3-10(14)21-8/h2-5H,6-7H2,1H3,(H,15,16). The number of thiophene rings is 2. The number of nitrogens with one attached hydrogen (secondary N) is 1. The Bertz CT molecular complexity index is 638. The molecule has 0 saturated heterocycles. The van der Waals surface area contributed by atoms with Gasteiger partial charge in [0.2, 0.25) is 5.91 Å². The molecule has 2 rings (SSSR count). The van der Waals surface area contributed by atoms with E-state index in [1.54, 1.807) is 11.4 Å². The third kappa shape index (κ3) is 4.74. The first kappa shape index (κ1) is 16.4. The zero-order chi connectivity index (χ0) is 15.2. The van der Waals surface area contributed by atoms with Crippen LogP contribution < -0.4 is 5.32 Å². The van der Waals surface area contributed by atoms with Crippen LogP contribution in [0.2, 0.25) is 4.34 Å². The Hall–Kier alpha value is -1.02. The number of amides is 1. The largest absolute Gasteiger partial charge is 0.465 e. The second kappa shape index (κ2) is 7.84. The van der Waals surface area contributed by atoms with Crippen molar-refractivity contribution in [2.45, 2.75) is 5.75 Å². The fourth-order valence-corrected chi connectivity index (χ4v) is 4.31. The summed E-state index contributed by atoms with van der Waals surface area (Å²) in [6, 6.07) is 5.49. The third-order valence-corrected chi connectivity index (χ3v) is 5.71. The molecule has 4 nitrogen and oxygen atoms in total. The Balaban J connectivity index is 1.82. The average Bonchev–Trinajstić information content (AvgIpc) is 3.07. The Labute approximate surface area is 139 Å². The topological polar surface area (TPSA) is 55.4 Å². The zero-order valence-corrected chi connectivity index (χ0v) is 14.3. The smallest absolute Gasteiger partial charge is 0.350 e. The molecule has 0 atom stereocenters. The van der Waals surface area contributed by atoms with Crippen LogP contribution in [0.4, 0.5) is 5.69 Å². The molecule has 0 bridgehead atoms. The Morgan fingerprint density at radius 3 is 2.86 bits per heavy atom. The molecule has 112 valence electrons. The van der Waals surface area contributed by atoms with Crippen LogP contribution in [0.3, 0.4) is 0 Å². The van der Waals surface area contributed by atoms with Crippen LogP contribution in [-0.4, -0.2) is 24.7 Å². The van der Waals surface area contributed by atoms with Crippen molar-refractivity contribution in [3.05, 3.63) is 37.7 Å². The van der Waals surface area contributed by atoms with Crippen LogP contribution >= 0.6 is 46.0 Å². The number of halogens is 1. The van der Waals surface area contributed by atoms with Gasteiger partial charge in [-0.05, 0) is 23.6 Å². The van der Waals surface area contributed by atoms with Gasteiger partial charge in [0.15, 0.2) is 0 Å². The fourth-order valence-electron chi connectivity index (χ4n) is 1.52. The minimum Gasteiger partial charge on any atom is -0.465 e. The molecule has 0 saturated carbocycles. The van der Waals surface area contributed by atoms with Crippen molar-refractivity contribution < 1.29 is 14.3 Å². The Morgan fingerprint density at radius 1 is 1.38 bits per heavy atom. The van der Waals surface area contributed by atoms with E-state index in [1.807, 2.05) is 12.1 Å². The lowest BCUT2D eigenvalue weighted by Gasteiger charge is -2.05. The fraction of sp³-hybridized carbons (Fsp3) is 0.231. The number of esters is 1. The van der Waals surface area contributed by atoms with Gasteiger partial charge >= 0.3 is 5.97 Å². The summed E-state index contributed by atoms with van der Waals surface area (Å²) < 4.78 is 5.41. The first-order valence-electron chi connectivity index (χ1n) is 5.87. The number of ether oxygens (including phenoxy) is 1. The molecule has 1 amide bonds. The van der Waals surface area contributed by atoms with Crippen LogP contribution in [0.5, 0.6) is 0 Å². The van der Waals surface area contributed by atoms with Crippen LogP contribution in [0.25, 0.3) is 0 Å². The quantitative estimate of drug-likeness (QED) is 0.786. The Kier molecular flexibility index (Phi) is 6.10. The molecule has 0 unspecified atom stereocenters. The summed E-state index contributed by atoms with van der Waals surface area (Å²) in [5.74, 6) is 0.456. The highest BCUT2D eigenvalue weighted by molar-refractivity contribution is 7.99. The van der Waals surface area contributed by atoms with E-state index >= 15 is 0 Å². The maximum absolute atomic E-state index is 11.9. The van der Waals surface area contributed by atoms with E-state index in [9.17, 15) is 9.59 Å². The van der Waals surface area contributed by atoms with Gasteiger partial charge in [0.1, 0.15) is 4.88 Å². The normalized spacial score (nSPS) is 10.4. The molecule has 2 heterocycles. The molecule has 0 aromatic carbocycles. The maximum Gasteiger partial charge on any atom is 0.350 e. The van der Waals surface area contributed by atoms with Crippen LogP contribution in [-0.2, 0) is 15.3 Å². The Morgan fingerprint density at radius 2 is 2.19 bits per heavy atom. The van der Waals surface area contributed by atoms with Crippen molar-refractivity contribution in [2.24, 2.45) is 0 Å². The second-order valence-electron chi connectivity index (χ2n) is 3.90. The van der Waals surface area contributed by atoms with Gasteiger partial charge in [-0.15, -0.1) is 34.4 Å². The lowest BCUT2D eigenvalue weighted by atomic mass is 10.4. The van der Waals surface area contributed by atoms with Crippen LogP contribution in [0.1, 0.15) is 14.5 Å². The van der Waals surface area contributed by atoms with Gasteiger partial charge in [0, 0.05) is 10.6 Å². The molecule has 21 heavy (non-hydrogen) atoms. The number of rotatable bonds is 6. The molecule has 1 N–H and O–H groups in total. The third-order valence-electron chi connectivity index (χ3n) is 2.42. The van der Waals surface area contributed by atoms with E-state index in [4.69, 9.17) is 11.6 Å². The summed E-state index contributed by atoms with van der Waals surface area (Å²) in [7, 11) is 1.32. The molecule has 0 aliphatic heterocycles. The second-order valence-corrected chi connectivity index (χ2v) is 7.60. The summed E-state index contributed by atoms with van der Waals surface area (Å²) >= 11 is 10.1. The monoisotopic (exact) mass is 361 g/mol. The van der Waals surface area contributed by atoms with Crippen molar-refractivity contribution in [1.82, 2.24) is 0 Å². The van der Waals surface area contributed by atoms with Crippen molar-refractivity contribution in [3.8, 4) is 0 Å². The molecule has 0 spiro atoms. The number of hydrogen-bond acceptors (Lipinski definition) is 6. The molecule has 0 radical (unpaired) electrons. The average molecular weight is 362 g/mol. The zero-order valence-electron chi connectivity index (χ0n) is 11.1. The summed E-state index contributed by atoms with van der Waals surface area (Å²) in [4.78, 5) is 24.9. The highest BCUT2D eigenvalue weighted by atomic mass is 35.5. The molecule has 0 fully saturated rings. The van der Waals surface area contributed by atoms with E-state index in [2.05, 4.69) is 10.1 Å². The first-order valence-corrected chi connectivity index (χ1v) is 9.10. The highest BCUT2D eigenvalue weighted by Gasteiger charge is 2.15.